The number of aromatic nitrogens is 2. The second kappa shape index (κ2) is 10.2. The zero-order valence-electron chi connectivity index (χ0n) is 19.1. The first-order valence-corrected chi connectivity index (χ1v) is 11.7. The summed E-state index contributed by atoms with van der Waals surface area (Å²) in [7, 11) is 2.17. The zero-order valence-corrected chi connectivity index (χ0v) is 19.1. The van der Waals surface area contributed by atoms with E-state index < -0.39 is 0 Å². The molecule has 1 N–H and O–H groups in total. The first kappa shape index (κ1) is 21.7. The summed E-state index contributed by atoms with van der Waals surface area (Å²) in [6.07, 6.45) is 3.91. The average molecular weight is 446 g/mol. The highest BCUT2D eigenvalue weighted by molar-refractivity contribution is 5.64. The van der Waals surface area contributed by atoms with Crippen molar-refractivity contribution in [3.8, 4) is 17.0 Å². The van der Waals surface area contributed by atoms with E-state index in [0.717, 1.165) is 74.9 Å². The van der Waals surface area contributed by atoms with Gasteiger partial charge in [0.05, 0.1) is 18.9 Å². The molecule has 0 bridgehead atoms. The quantitative estimate of drug-likeness (QED) is 0.610. The fraction of sp³-hybridized carbons (Fsp3) is 0.385. The molecule has 0 unspecified atom stereocenters. The maximum atomic E-state index is 6.08. The number of hydrogen-bond acceptors (Lipinski definition) is 7. The number of nitrogens with zero attached hydrogens (tertiary/aromatic N) is 4. The molecule has 0 spiro atoms. The summed E-state index contributed by atoms with van der Waals surface area (Å²) in [6.45, 7) is 5.88. The minimum Gasteiger partial charge on any atom is -0.490 e. The van der Waals surface area contributed by atoms with Crippen molar-refractivity contribution < 1.29 is 9.47 Å². The van der Waals surface area contributed by atoms with Gasteiger partial charge in [0.1, 0.15) is 11.9 Å². The Labute approximate surface area is 195 Å². The van der Waals surface area contributed by atoms with Gasteiger partial charge in [0.2, 0.25) is 5.95 Å². The predicted octanol–water partition coefficient (Wildman–Crippen LogP) is 4.20. The van der Waals surface area contributed by atoms with Gasteiger partial charge < -0.3 is 24.6 Å². The zero-order chi connectivity index (χ0) is 22.5. The summed E-state index contributed by atoms with van der Waals surface area (Å²) in [4.78, 5) is 13.9. The highest BCUT2D eigenvalue weighted by atomic mass is 16.5. The van der Waals surface area contributed by atoms with E-state index in [1.54, 1.807) is 6.20 Å². The van der Waals surface area contributed by atoms with Crippen LogP contribution in [0.5, 0.6) is 5.75 Å². The largest absolute Gasteiger partial charge is 0.490 e. The van der Waals surface area contributed by atoms with Gasteiger partial charge in [0, 0.05) is 62.2 Å². The Hall–Kier alpha value is -3.16. The van der Waals surface area contributed by atoms with Gasteiger partial charge in [-0.25, -0.2) is 9.97 Å². The van der Waals surface area contributed by atoms with Crippen molar-refractivity contribution in [1.29, 1.82) is 0 Å². The maximum absolute atomic E-state index is 6.08. The summed E-state index contributed by atoms with van der Waals surface area (Å²) in [6, 6.07) is 18.5. The van der Waals surface area contributed by atoms with Crippen LogP contribution in [0.1, 0.15) is 12.8 Å². The normalized spacial score (nSPS) is 17.7. The molecule has 0 radical (unpaired) electrons. The van der Waals surface area contributed by atoms with Crippen molar-refractivity contribution in [1.82, 2.24) is 14.9 Å². The third-order valence-electron chi connectivity index (χ3n) is 6.27. The predicted molar refractivity (Wildman–Crippen MR) is 131 cm³/mol. The van der Waals surface area contributed by atoms with Crippen LogP contribution in [0.3, 0.4) is 0 Å². The lowest BCUT2D eigenvalue weighted by Gasteiger charge is -2.34. The van der Waals surface area contributed by atoms with Gasteiger partial charge in [-0.1, -0.05) is 0 Å². The molecule has 172 valence electrons. The first-order chi connectivity index (χ1) is 16.2. The van der Waals surface area contributed by atoms with E-state index in [1.807, 2.05) is 30.3 Å². The Morgan fingerprint density at radius 1 is 0.909 bits per heavy atom. The van der Waals surface area contributed by atoms with Gasteiger partial charge >= 0.3 is 0 Å². The lowest BCUT2D eigenvalue weighted by atomic mass is 10.1. The van der Waals surface area contributed by atoms with Crippen molar-refractivity contribution in [2.75, 3.05) is 56.7 Å². The summed E-state index contributed by atoms with van der Waals surface area (Å²) in [5.74, 6) is 1.47. The number of anilines is 3. The SMILES string of the molecule is CN1CCN(c2ccc(Nc3nccc(-c4ccc(OC5CCOCC5)cc4)n3)cc2)CC1. The smallest absolute Gasteiger partial charge is 0.227 e. The highest BCUT2D eigenvalue weighted by Gasteiger charge is 2.16. The molecule has 3 heterocycles. The number of benzene rings is 2. The van der Waals surface area contributed by atoms with Crippen molar-refractivity contribution in [2.24, 2.45) is 0 Å². The van der Waals surface area contributed by atoms with E-state index in [2.05, 4.69) is 51.4 Å². The van der Waals surface area contributed by atoms with E-state index in [9.17, 15) is 0 Å². The van der Waals surface area contributed by atoms with E-state index in [-0.39, 0.29) is 6.10 Å². The number of nitrogens with one attached hydrogen (secondary N) is 1. The monoisotopic (exact) mass is 445 g/mol. The number of likely N-dealkylation sites (N-methyl/N-ethyl adjacent to an activating group) is 1. The van der Waals surface area contributed by atoms with E-state index >= 15 is 0 Å². The van der Waals surface area contributed by atoms with Gasteiger partial charge in [0.25, 0.3) is 0 Å². The Morgan fingerprint density at radius 3 is 2.36 bits per heavy atom. The Morgan fingerprint density at radius 2 is 1.64 bits per heavy atom. The molecule has 2 fully saturated rings. The van der Waals surface area contributed by atoms with Crippen LogP contribution in [0.2, 0.25) is 0 Å². The molecule has 0 atom stereocenters. The summed E-state index contributed by atoms with van der Waals surface area (Å²) >= 11 is 0. The van der Waals surface area contributed by atoms with Crippen LogP contribution in [0.15, 0.2) is 60.8 Å². The molecular formula is C26H31N5O2. The van der Waals surface area contributed by atoms with E-state index in [0.29, 0.717) is 5.95 Å². The second-order valence-electron chi connectivity index (χ2n) is 8.68. The number of rotatable bonds is 6. The minimum absolute atomic E-state index is 0.238. The molecule has 5 rings (SSSR count). The molecule has 7 nitrogen and oxygen atoms in total. The minimum atomic E-state index is 0.238. The average Bonchev–Trinajstić information content (AvgIpc) is 2.86. The molecule has 3 aromatic rings. The van der Waals surface area contributed by atoms with Crippen LogP contribution in [0, 0.1) is 0 Å². The molecule has 2 aromatic carbocycles. The third kappa shape index (κ3) is 5.61. The van der Waals surface area contributed by atoms with Gasteiger partial charge in [-0.15, -0.1) is 0 Å². The van der Waals surface area contributed by atoms with Crippen molar-refractivity contribution in [3.05, 3.63) is 60.8 Å². The van der Waals surface area contributed by atoms with Crippen LogP contribution in [0.4, 0.5) is 17.3 Å². The molecular weight excluding hydrogens is 414 g/mol. The van der Waals surface area contributed by atoms with Gasteiger partial charge in [-0.3, -0.25) is 0 Å². The molecule has 1 aromatic heterocycles. The Balaban J connectivity index is 1.22. The van der Waals surface area contributed by atoms with Crippen LogP contribution in [0.25, 0.3) is 11.3 Å². The van der Waals surface area contributed by atoms with Crippen LogP contribution in [-0.4, -0.2) is 67.4 Å². The Kier molecular flexibility index (Phi) is 6.69. The summed E-state index contributed by atoms with van der Waals surface area (Å²) in [5.41, 5.74) is 4.14. The van der Waals surface area contributed by atoms with Crippen molar-refractivity contribution >= 4 is 17.3 Å². The topological polar surface area (TPSA) is 62.8 Å². The van der Waals surface area contributed by atoms with E-state index in [1.165, 1.54) is 5.69 Å². The number of hydrogen-bond donors (Lipinski definition) is 1. The highest BCUT2D eigenvalue weighted by Crippen LogP contribution is 2.25. The summed E-state index contributed by atoms with van der Waals surface area (Å²) in [5, 5.41) is 3.33. The Bertz CT molecular complexity index is 1030. The molecule has 2 saturated heterocycles. The maximum Gasteiger partial charge on any atom is 0.227 e. The number of ether oxygens (including phenoxy) is 2. The van der Waals surface area contributed by atoms with Crippen molar-refractivity contribution in [3.63, 3.8) is 0 Å². The van der Waals surface area contributed by atoms with Crippen molar-refractivity contribution in [2.45, 2.75) is 18.9 Å². The molecule has 33 heavy (non-hydrogen) atoms. The first-order valence-electron chi connectivity index (χ1n) is 11.7. The standard InChI is InChI=1S/C26H31N5O2/c1-30-14-16-31(17-15-30)22-6-4-21(5-7-22)28-26-27-13-10-25(29-26)20-2-8-23(9-3-20)33-24-11-18-32-19-12-24/h2-10,13,24H,11-12,14-19H2,1H3,(H,27,28,29). The van der Waals surface area contributed by atoms with Crippen LogP contribution < -0.4 is 15.0 Å². The number of piperazine rings is 1. The molecule has 0 aliphatic carbocycles. The molecule has 0 amide bonds. The van der Waals surface area contributed by atoms with E-state index in [4.69, 9.17) is 14.5 Å². The van der Waals surface area contributed by atoms with Crippen LogP contribution in [-0.2, 0) is 4.74 Å². The molecule has 0 saturated carbocycles. The van der Waals surface area contributed by atoms with Gasteiger partial charge in [0.15, 0.2) is 0 Å². The molecule has 7 heteroatoms. The fourth-order valence-electron chi connectivity index (χ4n) is 4.22. The lowest BCUT2D eigenvalue weighted by molar-refractivity contribution is 0.0256. The molecule has 2 aliphatic rings. The van der Waals surface area contributed by atoms with Crippen LogP contribution >= 0.6 is 0 Å². The second-order valence-corrected chi connectivity index (χ2v) is 8.68. The molecule has 2 aliphatic heterocycles. The van der Waals surface area contributed by atoms with Gasteiger partial charge in [-0.2, -0.15) is 0 Å². The fourth-order valence-corrected chi connectivity index (χ4v) is 4.22. The summed E-state index contributed by atoms with van der Waals surface area (Å²) < 4.78 is 11.5. The third-order valence-corrected chi connectivity index (χ3v) is 6.27. The van der Waals surface area contributed by atoms with Gasteiger partial charge in [-0.05, 0) is 61.6 Å². The lowest BCUT2D eigenvalue weighted by Crippen LogP contribution is -2.44.